The Labute approximate surface area is 142 Å². The highest BCUT2D eigenvalue weighted by molar-refractivity contribution is 7.90. The lowest BCUT2D eigenvalue weighted by molar-refractivity contribution is -0.116. The number of nitrogens with one attached hydrogen (secondary N) is 2. The number of ether oxygens (including phenoxy) is 1. The molecule has 0 aliphatic heterocycles. The van der Waals surface area contributed by atoms with E-state index < -0.39 is 15.3 Å². The maximum absolute atomic E-state index is 11.9. The number of benzene rings is 1. The zero-order valence-corrected chi connectivity index (χ0v) is 14.8. The van der Waals surface area contributed by atoms with Crippen molar-refractivity contribution in [3.05, 3.63) is 24.3 Å². The van der Waals surface area contributed by atoms with Crippen molar-refractivity contribution in [3.8, 4) is 5.75 Å². The van der Waals surface area contributed by atoms with E-state index in [-0.39, 0.29) is 12.5 Å². The Morgan fingerprint density at radius 3 is 2.71 bits per heavy atom. The molecule has 24 heavy (non-hydrogen) atoms. The Balaban J connectivity index is 2.30. The third-order valence-corrected chi connectivity index (χ3v) is 5.04. The van der Waals surface area contributed by atoms with Gasteiger partial charge in [0.05, 0.1) is 5.25 Å². The zero-order chi connectivity index (χ0) is 18.0. The van der Waals surface area contributed by atoms with Gasteiger partial charge in [-0.3, -0.25) is 9.59 Å². The van der Waals surface area contributed by atoms with Crippen LogP contribution < -0.4 is 14.8 Å². The second kappa shape index (κ2) is 10.0. The minimum Gasteiger partial charge on any atom is -0.486 e. The second-order valence-electron chi connectivity index (χ2n) is 5.50. The minimum atomic E-state index is -3.25. The SMILES string of the molecule is CC(C)S(=O)(=O)NCCCCC(=O)Nc1cccc(OCC=O)c1. The molecule has 1 amide bonds. The van der Waals surface area contributed by atoms with Crippen LogP contribution in [0.3, 0.4) is 0 Å². The van der Waals surface area contributed by atoms with Crippen molar-refractivity contribution in [2.75, 3.05) is 18.5 Å². The fourth-order valence-corrected chi connectivity index (χ4v) is 2.57. The number of unbranched alkanes of at least 4 members (excludes halogenated alkanes) is 1. The first-order valence-electron chi connectivity index (χ1n) is 7.80. The molecule has 1 rings (SSSR count). The first-order chi connectivity index (χ1) is 11.3. The molecule has 1 aromatic rings. The molecule has 0 saturated heterocycles. The highest BCUT2D eigenvalue weighted by Crippen LogP contribution is 2.17. The number of aldehydes is 1. The van der Waals surface area contributed by atoms with Gasteiger partial charge in [0, 0.05) is 24.7 Å². The van der Waals surface area contributed by atoms with Gasteiger partial charge in [-0.1, -0.05) is 6.07 Å². The van der Waals surface area contributed by atoms with E-state index in [9.17, 15) is 18.0 Å². The van der Waals surface area contributed by atoms with Crippen LogP contribution in [0.15, 0.2) is 24.3 Å². The molecule has 0 spiro atoms. The monoisotopic (exact) mass is 356 g/mol. The summed E-state index contributed by atoms with van der Waals surface area (Å²) in [4.78, 5) is 22.1. The summed E-state index contributed by atoms with van der Waals surface area (Å²) in [5.74, 6) is 0.345. The van der Waals surface area contributed by atoms with Gasteiger partial charge >= 0.3 is 0 Å². The maximum atomic E-state index is 11.9. The van der Waals surface area contributed by atoms with Crippen molar-refractivity contribution in [2.24, 2.45) is 0 Å². The smallest absolute Gasteiger partial charge is 0.224 e. The van der Waals surface area contributed by atoms with E-state index in [2.05, 4.69) is 10.0 Å². The Morgan fingerprint density at radius 2 is 2.04 bits per heavy atom. The summed E-state index contributed by atoms with van der Waals surface area (Å²) < 4.78 is 30.8. The molecule has 0 radical (unpaired) electrons. The maximum Gasteiger partial charge on any atom is 0.224 e. The lowest BCUT2D eigenvalue weighted by atomic mass is 10.2. The quantitative estimate of drug-likeness (QED) is 0.464. The largest absolute Gasteiger partial charge is 0.486 e. The van der Waals surface area contributed by atoms with Crippen molar-refractivity contribution in [1.29, 1.82) is 0 Å². The van der Waals surface area contributed by atoms with Crippen LogP contribution in [0.4, 0.5) is 5.69 Å². The first kappa shape index (κ1) is 20.1. The van der Waals surface area contributed by atoms with E-state index >= 15 is 0 Å². The van der Waals surface area contributed by atoms with Crippen LogP contribution in [0.5, 0.6) is 5.75 Å². The van der Waals surface area contributed by atoms with Crippen molar-refractivity contribution in [1.82, 2.24) is 4.72 Å². The Morgan fingerprint density at radius 1 is 1.29 bits per heavy atom. The van der Waals surface area contributed by atoms with Crippen molar-refractivity contribution in [2.45, 2.75) is 38.4 Å². The second-order valence-corrected chi connectivity index (χ2v) is 7.82. The summed E-state index contributed by atoms with van der Waals surface area (Å²) in [6.07, 6.45) is 2.11. The third kappa shape index (κ3) is 7.56. The summed E-state index contributed by atoms with van der Waals surface area (Å²) in [7, 11) is -3.25. The number of carbonyl (C=O) groups excluding carboxylic acids is 2. The van der Waals surface area contributed by atoms with Crippen LogP contribution >= 0.6 is 0 Å². The summed E-state index contributed by atoms with van der Waals surface area (Å²) in [6, 6.07) is 6.77. The molecule has 0 aliphatic carbocycles. The van der Waals surface area contributed by atoms with Crippen LogP contribution in [0.25, 0.3) is 0 Å². The highest BCUT2D eigenvalue weighted by atomic mass is 32.2. The van der Waals surface area contributed by atoms with Crippen LogP contribution in [-0.4, -0.2) is 39.0 Å². The van der Waals surface area contributed by atoms with Crippen molar-refractivity contribution in [3.63, 3.8) is 0 Å². The van der Waals surface area contributed by atoms with Gasteiger partial charge < -0.3 is 10.1 Å². The van der Waals surface area contributed by atoms with Crippen LogP contribution in [0.2, 0.25) is 0 Å². The fraction of sp³-hybridized carbons (Fsp3) is 0.500. The number of anilines is 1. The number of amides is 1. The van der Waals surface area contributed by atoms with E-state index in [1.165, 1.54) is 0 Å². The Kier molecular flexibility index (Phi) is 8.42. The van der Waals surface area contributed by atoms with Gasteiger partial charge in [-0.05, 0) is 38.8 Å². The van der Waals surface area contributed by atoms with Crippen molar-refractivity contribution < 1.29 is 22.7 Å². The van der Waals surface area contributed by atoms with E-state index in [1.54, 1.807) is 38.1 Å². The Hall–Kier alpha value is -1.93. The molecule has 2 N–H and O–H groups in total. The van der Waals surface area contributed by atoms with E-state index in [4.69, 9.17) is 4.74 Å². The normalized spacial score (nSPS) is 11.3. The fourth-order valence-electron chi connectivity index (χ4n) is 1.81. The lowest BCUT2D eigenvalue weighted by Gasteiger charge is -2.09. The van der Waals surface area contributed by atoms with Gasteiger partial charge in [0.1, 0.15) is 12.4 Å². The third-order valence-electron chi connectivity index (χ3n) is 3.19. The van der Waals surface area contributed by atoms with Crippen LogP contribution in [0, 0.1) is 0 Å². The molecule has 134 valence electrons. The van der Waals surface area contributed by atoms with E-state index in [0.29, 0.717) is 43.5 Å². The molecule has 1 aromatic carbocycles. The zero-order valence-electron chi connectivity index (χ0n) is 13.9. The average molecular weight is 356 g/mol. The van der Waals surface area contributed by atoms with E-state index in [1.807, 2.05) is 0 Å². The predicted octanol–water partition coefficient (Wildman–Crippen LogP) is 1.70. The molecule has 8 heteroatoms. The van der Waals surface area contributed by atoms with Crippen LogP contribution in [-0.2, 0) is 19.6 Å². The molecule has 0 unspecified atom stereocenters. The molecular weight excluding hydrogens is 332 g/mol. The van der Waals surface area contributed by atoms with Crippen molar-refractivity contribution >= 4 is 27.9 Å². The Bertz CT molecular complexity index is 644. The number of rotatable bonds is 11. The van der Waals surface area contributed by atoms with Gasteiger partial charge in [-0.15, -0.1) is 0 Å². The number of hydrogen-bond donors (Lipinski definition) is 2. The molecule has 0 saturated carbocycles. The number of carbonyl (C=O) groups is 2. The molecule has 0 aliphatic rings. The predicted molar refractivity (Wildman–Crippen MR) is 92.5 cm³/mol. The molecule has 0 fully saturated rings. The molecule has 0 aromatic heterocycles. The van der Waals surface area contributed by atoms with Gasteiger partial charge in [0.15, 0.2) is 6.29 Å². The van der Waals surface area contributed by atoms with Gasteiger partial charge in [0.25, 0.3) is 0 Å². The molecular formula is C16H24N2O5S. The first-order valence-corrected chi connectivity index (χ1v) is 9.34. The average Bonchev–Trinajstić information content (AvgIpc) is 2.52. The molecule has 0 atom stereocenters. The summed E-state index contributed by atoms with van der Waals surface area (Å²) in [5, 5.41) is 2.27. The number of hydrogen-bond acceptors (Lipinski definition) is 5. The standard InChI is InChI=1S/C16H24N2O5S/c1-13(2)24(21,22)17-9-4-3-8-16(20)18-14-6-5-7-15(12-14)23-11-10-19/h5-7,10,12-13,17H,3-4,8-9,11H2,1-2H3,(H,18,20). The number of sulfonamides is 1. The lowest BCUT2D eigenvalue weighted by Crippen LogP contribution is -2.31. The molecule has 0 heterocycles. The van der Waals surface area contributed by atoms with Gasteiger partial charge in [0.2, 0.25) is 15.9 Å². The van der Waals surface area contributed by atoms with Crippen LogP contribution in [0.1, 0.15) is 33.1 Å². The minimum absolute atomic E-state index is 0.0380. The highest BCUT2D eigenvalue weighted by Gasteiger charge is 2.14. The van der Waals surface area contributed by atoms with Gasteiger partial charge in [-0.2, -0.15) is 0 Å². The van der Waals surface area contributed by atoms with Gasteiger partial charge in [-0.25, -0.2) is 13.1 Å². The summed E-state index contributed by atoms with van der Waals surface area (Å²) >= 11 is 0. The molecule has 0 bridgehead atoms. The topological polar surface area (TPSA) is 102 Å². The van der Waals surface area contributed by atoms with E-state index in [0.717, 1.165) is 0 Å². The summed E-state index contributed by atoms with van der Waals surface area (Å²) in [5.41, 5.74) is 0.587. The molecule has 7 nitrogen and oxygen atoms in total. The summed E-state index contributed by atoms with van der Waals surface area (Å²) in [6.45, 7) is 3.51.